The summed E-state index contributed by atoms with van der Waals surface area (Å²) >= 11 is 0. The third-order valence-corrected chi connectivity index (χ3v) is 16.0. The van der Waals surface area contributed by atoms with Gasteiger partial charge in [-0.05, 0) is 184 Å². The highest BCUT2D eigenvalue weighted by molar-refractivity contribution is 5.98. The van der Waals surface area contributed by atoms with Crippen LogP contribution in [0.3, 0.4) is 0 Å². The Bertz CT molecular complexity index is 2290. The van der Waals surface area contributed by atoms with Crippen molar-refractivity contribution in [3.05, 3.63) is 129 Å². The highest BCUT2D eigenvalue weighted by Gasteiger charge is 2.56. The molecule has 5 aliphatic rings. The minimum atomic E-state index is -0.847. The van der Waals surface area contributed by atoms with Crippen LogP contribution in [-0.2, 0) is 41.3 Å². The van der Waals surface area contributed by atoms with Gasteiger partial charge in [0.05, 0.1) is 30.3 Å². The van der Waals surface area contributed by atoms with Crippen molar-refractivity contribution < 1.29 is 19.4 Å². The van der Waals surface area contributed by atoms with Crippen LogP contribution in [0.25, 0.3) is 0 Å². The average Bonchev–Trinajstić information content (AvgIpc) is 4.06. The Kier molecular flexibility index (Phi) is 12.0. The molecule has 2 saturated carbocycles. The van der Waals surface area contributed by atoms with Crippen molar-refractivity contribution >= 4 is 11.6 Å². The van der Waals surface area contributed by atoms with Gasteiger partial charge in [0.15, 0.2) is 11.6 Å². The third kappa shape index (κ3) is 8.15. The Morgan fingerprint density at radius 1 is 0.750 bits per heavy atom. The van der Waals surface area contributed by atoms with Gasteiger partial charge in [-0.1, -0.05) is 50.2 Å². The van der Waals surface area contributed by atoms with E-state index < -0.39 is 5.60 Å². The molecule has 1 N–H and O–H groups in total. The van der Waals surface area contributed by atoms with Gasteiger partial charge < -0.3 is 9.84 Å². The minimum absolute atomic E-state index is 0.0367. The van der Waals surface area contributed by atoms with Crippen molar-refractivity contribution in [2.24, 2.45) is 11.8 Å². The Morgan fingerprint density at radius 2 is 1.25 bits per heavy atom. The highest BCUT2D eigenvalue weighted by atomic mass is 16.6. The molecule has 3 fully saturated rings. The van der Waals surface area contributed by atoms with Gasteiger partial charge in [-0.2, -0.15) is 5.26 Å². The minimum Gasteiger partial charge on any atom is -0.389 e. The van der Waals surface area contributed by atoms with Crippen molar-refractivity contribution in [2.75, 3.05) is 6.61 Å². The van der Waals surface area contributed by atoms with Crippen LogP contribution in [0.4, 0.5) is 0 Å². The van der Waals surface area contributed by atoms with E-state index in [1.165, 1.54) is 60.8 Å². The van der Waals surface area contributed by atoms with Crippen LogP contribution in [-0.4, -0.2) is 44.4 Å². The number of hydrogen-bond donors (Lipinski definition) is 1. The monoisotopic (exact) mass is 805 g/mol. The average molecular weight is 806 g/mol. The second-order valence-corrected chi connectivity index (χ2v) is 19.1. The van der Waals surface area contributed by atoms with E-state index in [9.17, 15) is 20.0 Å². The fourth-order valence-electron chi connectivity index (χ4n) is 12.2. The molecule has 314 valence electrons. The molecule has 7 heteroatoms. The van der Waals surface area contributed by atoms with E-state index in [-0.39, 0.29) is 34.4 Å². The molecule has 9 rings (SSSR count). The molecule has 2 aromatic heterocycles. The number of Topliss-reactive ketones (excluding diaryl/α,β-unsaturated/α-hetero) is 2. The van der Waals surface area contributed by atoms with Crippen LogP contribution < -0.4 is 0 Å². The number of fused-ring (bicyclic) bond motifs is 6. The summed E-state index contributed by atoms with van der Waals surface area (Å²) in [5.41, 5.74) is 10.8. The number of pyridine rings is 2. The van der Waals surface area contributed by atoms with Crippen molar-refractivity contribution in [1.29, 1.82) is 5.26 Å². The first-order valence-electron chi connectivity index (χ1n) is 22.8. The zero-order valence-corrected chi connectivity index (χ0v) is 36.3. The molecule has 1 aliphatic heterocycles. The Labute approximate surface area is 357 Å². The molecule has 1 saturated heterocycles. The van der Waals surface area contributed by atoms with E-state index in [0.29, 0.717) is 37.5 Å². The lowest BCUT2D eigenvalue weighted by Crippen LogP contribution is -2.47. The maximum absolute atomic E-state index is 13.0. The predicted octanol–water partition coefficient (Wildman–Crippen LogP) is 10.6. The van der Waals surface area contributed by atoms with Crippen LogP contribution in [0.15, 0.2) is 73.1 Å². The molecular formula is C53H63N3O4. The molecule has 0 bridgehead atoms. The maximum atomic E-state index is 13.0. The summed E-state index contributed by atoms with van der Waals surface area (Å²) in [4.78, 5) is 34.7. The number of ether oxygens (including phenoxy) is 1. The molecule has 6 atom stereocenters. The summed E-state index contributed by atoms with van der Waals surface area (Å²) in [6.45, 7) is 9.50. The molecule has 1 spiro atoms. The van der Waals surface area contributed by atoms with Crippen LogP contribution >= 0.6 is 0 Å². The van der Waals surface area contributed by atoms with Crippen molar-refractivity contribution in [3.8, 4) is 6.07 Å². The summed E-state index contributed by atoms with van der Waals surface area (Å²) in [5, 5.41) is 20.1. The summed E-state index contributed by atoms with van der Waals surface area (Å²) in [6, 6.07) is 22.9. The predicted molar refractivity (Wildman–Crippen MR) is 235 cm³/mol. The topological polar surface area (TPSA) is 116 Å². The number of carbonyl (C=O) groups excluding carboxylic acids is 2. The lowest BCUT2D eigenvalue weighted by atomic mass is 9.56. The zero-order chi connectivity index (χ0) is 42.1. The summed E-state index contributed by atoms with van der Waals surface area (Å²) in [7, 11) is 0. The maximum Gasteiger partial charge on any atom is 0.167 e. The zero-order valence-electron chi connectivity index (χ0n) is 36.3. The Hall–Kier alpha value is -4.51. The van der Waals surface area contributed by atoms with E-state index in [0.717, 1.165) is 78.8 Å². The molecule has 2 aromatic carbocycles. The smallest absolute Gasteiger partial charge is 0.167 e. The van der Waals surface area contributed by atoms with Gasteiger partial charge in [0.1, 0.15) is 0 Å². The van der Waals surface area contributed by atoms with E-state index in [1.807, 2.05) is 44.2 Å². The number of aryl methyl sites for hydroxylation is 4. The van der Waals surface area contributed by atoms with Gasteiger partial charge in [0.2, 0.25) is 0 Å². The van der Waals surface area contributed by atoms with Gasteiger partial charge in [-0.3, -0.25) is 19.6 Å². The molecular weight excluding hydrogens is 743 g/mol. The molecule has 4 aromatic rings. The molecule has 0 unspecified atom stereocenters. The second kappa shape index (κ2) is 17.1. The first-order chi connectivity index (χ1) is 29.0. The molecule has 0 radical (unpaired) electrons. The Balaban J connectivity index is 0.000000167. The third-order valence-electron chi connectivity index (χ3n) is 16.0. The highest BCUT2D eigenvalue weighted by Crippen LogP contribution is 2.58. The SMILES string of the molecule is CC[C@@]12CC[C@](O)(CC#N)C[C@@H]1CCCc1cc(C(=O)Cc3cccnc3C)ccc12.CC[C@@]12CC[C@]3(CO3)C[C@@H]1CCCc1cc(C(=O)Cc3cccnc3C)ccc12. The number of epoxide rings is 1. The fraction of sp³-hybridized carbons (Fsp3) is 0.528. The first-order valence-corrected chi connectivity index (χ1v) is 22.8. The summed E-state index contributed by atoms with van der Waals surface area (Å²) in [5.74, 6) is 1.43. The lowest BCUT2D eigenvalue weighted by Gasteiger charge is -2.49. The number of nitrogens with zero attached hydrogens (tertiary/aromatic N) is 3. The number of aliphatic hydroxyl groups is 1. The first kappa shape index (κ1) is 42.2. The van der Waals surface area contributed by atoms with Gasteiger partial charge in [0.25, 0.3) is 0 Å². The van der Waals surface area contributed by atoms with Crippen molar-refractivity contribution in [3.63, 3.8) is 0 Å². The number of hydrogen-bond acceptors (Lipinski definition) is 7. The van der Waals surface area contributed by atoms with E-state index in [2.05, 4.69) is 60.2 Å². The number of rotatable bonds is 9. The van der Waals surface area contributed by atoms with Crippen molar-refractivity contribution in [2.45, 2.75) is 159 Å². The standard InChI is InChI=1S/C27H32N2O2.C26H31NO2/c1-3-27-12-11-26(31,13-14-28)18-23(27)8-4-6-21-16-22(9-10-24(21)27)25(30)17-20-7-5-15-29-19(20)2;1-3-26-12-11-25(17-29-25)16-22(26)8-4-6-20-14-21(9-10-23(20)26)24(28)15-19-7-5-13-27-18(19)2/h5,7,9-10,15-16,23,31H,3-4,6,8,11-13,17-18H2,1-2H3;5,7,9-10,13-14,22H,3-4,6,8,11-12,15-17H2,1-2H3/t23-,26-,27+;22-,25+,26+/m00/s1. The Morgan fingerprint density at radius 3 is 1.72 bits per heavy atom. The lowest BCUT2D eigenvalue weighted by molar-refractivity contribution is -0.0446. The number of ketones is 2. The van der Waals surface area contributed by atoms with E-state index in [1.54, 1.807) is 12.4 Å². The fourth-order valence-corrected chi connectivity index (χ4v) is 12.2. The van der Waals surface area contributed by atoms with Crippen LogP contribution in [0, 0.1) is 37.0 Å². The normalized spacial score (nSPS) is 28.9. The van der Waals surface area contributed by atoms with Crippen LogP contribution in [0.2, 0.25) is 0 Å². The summed E-state index contributed by atoms with van der Waals surface area (Å²) < 4.78 is 5.87. The van der Waals surface area contributed by atoms with Gasteiger partial charge in [-0.15, -0.1) is 0 Å². The second-order valence-electron chi connectivity index (χ2n) is 19.1. The molecule has 7 nitrogen and oxygen atoms in total. The molecule has 3 heterocycles. The van der Waals surface area contributed by atoms with Crippen molar-refractivity contribution in [1.82, 2.24) is 9.97 Å². The number of aromatic nitrogens is 2. The molecule has 60 heavy (non-hydrogen) atoms. The van der Waals surface area contributed by atoms with E-state index >= 15 is 0 Å². The molecule has 4 aliphatic carbocycles. The van der Waals surface area contributed by atoms with Gasteiger partial charge >= 0.3 is 0 Å². The number of benzene rings is 2. The quantitative estimate of drug-likeness (QED) is 0.132. The van der Waals surface area contributed by atoms with Gasteiger partial charge in [0, 0.05) is 47.8 Å². The summed E-state index contributed by atoms with van der Waals surface area (Å²) in [6.07, 6.45) is 19.4. The number of carbonyl (C=O) groups is 2. The van der Waals surface area contributed by atoms with Crippen LogP contribution in [0.5, 0.6) is 0 Å². The van der Waals surface area contributed by atoms with Crippen LogP contribution in [0.1, 0.15) is 163 Å². The van der Waals surface area contributed by atoms with E-state index in [4.69, 9.17) is 4.74 Å². The largest absolute Gasteiger partial charge is 0.389 e. The van der Waals surface area contributed by atoms with Gasteiger partial charge in [-0.25, -0.2) is 0 Å². The number of nitriles is 1. The molecule has 0 amide bonds.